The van der Waals surface area contributed by atoms with Crippen molar-refractivity contribution in [2.75, 3.05) is 5.73 Å². The van der Waals surface area contributed by atoms with Gasteiger partial charge in [-0.25, -0.2) is 9.97 Å². The number of anilines is 1. The predicted molar refractivity (Wildman–Crippen MR) is 99.6 cm³/mol. The predicted octanol–water partition coefficient (Wildman–Crippen LogP) is 3.87. The lowest BCUT2D eigenvalue weighted by Crippen LogP contribution is -2.02. The van der Waals surface area contributed by atoms with Crippen LogP contribution >= 0.6 is 0 Å². The van der Waals surface area contributed by atoms with E-state index in [4.69, 9.17) is 5.73 Å². The fourth-order valence-electron chi connectivity index (χ4n) is 3.07. The third-order valence-corrected chi connectivity index (χ3v) is 4.31. The van der Waals surface area contributed by atoms with Gasteiger partial charge in [-0.3, -0.25) is 4.68 Å². The highest BCUT2D eigenvalue weighted by molar-refractivity contribution is 5.86. The third kappa shape index (κ3) is 3.21. The lowest BCUT2D eigenvalue weighted by molar-refractivity contribution is 0.654. The summed E-state index contributed by atoms with van der Waals surface area (Å²) in [5.74, 6) is 0.476. The van der Waals surface area contributed by atoms with Crippen molar-refractivity contribution in [1.82, 2.24) is 19.7 Å². The summed E-state index contributed by atoms with van der Waals surface area (Å²) in [6, 6.07) is 9.98. The minimum Gasteiger partial charge on any atom is -0.383 e. The first-order valence-corrected chi connectivity index (χ1v) is 8.34. The molecular weight excluding hydrogens is 310 g/mol. The molecule has 0 atom stereocenters. The van der Waals surface area contributed by atoms with Crippen LogP contribution in [0.5, 0.6) is 0 Å². The van der Waals surface area contributed by atoms with Gasteiger partial charge in [0.25, 0.3) is 0 Å². The molecule has 2 aromatic heterocycles. The van der Waals surface area contributed by atoms with Crippen LogP contribution in [0.2, 0.25) is 0 Å². The standard InChI is InChI=1S/C20H19N5/c21-20-18(16-9-5-2-6-10-16)19(22-14-23-20)17-11-24-25(13-17)12-15-7-3-1-4-8-15/h1-3,5-7,9-11,13-14H,4,8,12H2,(H2,21,22,23). The highest BCUT2D eigenvalue weighted by Gasteiger charge is 2.15. The first kappa shape index (κ1) is 15.3. The van der Waals surface area contributed by atoms with Gasteiger partial charge in [-0.2, -0.15) is 5.10 Å². The van der Waals surface area contributed by atoms with E-state index >= 15 is 0 Å². The molecule has 3 aromatic rings. The summed E-state index contributed by atoms with van der Waals surface area (Å²) < 4.78 is 1.95. The number of hydrogen-bond acceptors (Lipinski definition) is 4. The highest BCUT2D eigenvalue weighted by atomic mass is 15.3. The lowest BCUT2D eigenvalue weighted by Gasteiger charge is -2.10. The lowest BCUT2D eigenvalue weighted by atomic mass is 10.0. The van der Waals surface area contributed by atoms with Crippen molar-refractivity contribution in [3.8, 4) is 22.4 Å². The van der Waals surface area contributed by atoms with E-state index in [9.17, 15) is 0 Å². The number of nitrogens with zero attached hydrogens (tertiary/aromatic N) is 4. The van der Waals surface area contributed by atoms with Gasteiger partial charge in [0.2, 0.25) is 0 Å². The summed E-state index contributed by atoms with van der Waals surface area (Å²) in [6.07, 6.45) is 14.0. The normalized spacial score (nSPS) is 13.7. The van der Waals surface area contributed by atoms with Gasteiger partial charge in [0, 0.05) is 11.8 Å². The summed E-state index contributed by atoms with van der Waals surface area (Å²) in [5.41, 5.74) is 11.1. The maximum atomic E-state index is 6.15. The monoisotopic (exact) mass is 329 g/mol. The van der Waals surface area contributed by atoms with Gasteiger partial charge in [0.05, 0.1) is 24.0 Å². The van der Waals surface area contributed by atoms with E-state index in [2.05, 4.69) is 33.3 Å². The number of allylic oxidation sites excluding steroid dienone is 4. The molecule has 0 aliphatic heterocycles. The third-order valence-electron chi connectivity index (χ3n) is 4.31. The molecule has 25 heavy (non-hydrogen) atoms. The van der Waals surface area contributed by atoms with E-state index in [0.717, 1.165) is 41.8 Å². The molecule has 124 valence electrons. The highest BCUT2D eigenvalue weighted by Crippen LogP contribution is 2.33. The van der Waals surface area contributed by atoms with Crippen molar-refractivity contribution in [2.45, 2.75) is 19.4 Å². The van der Waals surface area contributed by atoms with Crippen molar-refractivity contribution in [2.24, 2.45) is 0 Å². The number of benzene rings is 1. The Balaban J connectivity index is 1.70. The minimum absolute atomic E-state index is 0.476. The van der Waals surface area contributed by atoms with Crippen LogP contribution in [0.15, 0.2) is 72.9 Å². The van der Waals surface area contributed by atoms with E-state index in [1.165, 1.54) is 11.9 Å². The number of hydrogen-bond donors (Lipinski definition) is 1. The topological polar surface area (TPSA) is 69.6 Å². The van der Waals surface area contributed by atoms with Crippen LogP contribution in [0.4, 0.5) is 5.82 Å². The zero-order valence-corrected chi connectivity index (χ0v) is 13.8. The molecule has 0 bridgehead atoms. The smallest absolute Gasteiger partial charge is 0.135 e. The Morgan fingerprint density at radius 1 is 1.08 bits per heavy atom. The Morgan fingerprint density at radius 3 is 2.76 bits per heavy atom. The van der Waals surface area contributed by atoms with E-state index in [0.29, 0.717) is 5.82 Å². The van der Waals surface area contributed by atoms with Gasteiger partial charge in [-0.1, -0.05) is 48.6 Å². The number of nitrogen functional groups attached to an aromatic ring is 1. The van der Waals surface area contributed by atoms with Crippen molar-refractivity contribution in [3.05, 3.63) is 72.9 Å². The van der Waals surface area contributed by atoms with Crippen LogP contribution in [0.25, 0.3) is 22.4 Å². The number of rotatable bonds is 4. The second kappa shape index (κ2) is 6.73. The Bertz CT molecular complexity index is 938. The van der Waals surface area contributed by atoms with Crippen molar-refractivity contribution in [3.63, 3.8) is 0 Å². The zero-order valence-electron chi connectivity index (χ0n) is 13.8. The first-order chi connectivity index (χ1) is 12.3. The Morgan fingerprint density at radius 2 is 1.96 bits per heavy atom. The fraction of sp³-hybridized carbons (Fsp3) is 0.150. The molecule has 0 unspecified atom stereocenters. The zero-order chi connectivity index (χ0) is 17.1. The maximum Gasteiger partial charge on any atom is 0.135 e. The van der Waals surface area contributed by atoms with Crippen LogP contribution < -0.4 is 5.73 Å². The van der Waals surface area contributed by atoms with Gasteiger partial charge in [0.1, 0.15) is 12.1 Å². The summed E-state index contributed by atoms with van der Waals surface area (Å²) in [7, 11) is 0. The van der Waals surface area contributed by atoms with Crippen LogP contribution in [0.3, 0.4) is 0 Å². The average molecular weight is 329 g/mol. The number of nitrogens with two attached hydrogens (primary N) is 1. The molecular formula is C20H19N5. The molecule has 1 aromatic carbocycles. The molecule has 2 heterocycles. The Hall–Kier alpha value is -3.21. The van der Waals surface area contributed by atoms with Crippen LogP contribution in [0, 0.1) is 0 Å². The molecule has 0 spiro atoms. The van der Waals surface area contributed by atoms with Crippen molar-refractivity contribution >= 4 is 5.82 Å². The minimum atomic E-state index is 0.476. The maximum absolute atomic E-state index is 6.15. The molecule has 0 radical (unpaired) electrons. The van der Waals surface area contributed by atoms with E-state index < -0.39 is 0 Å². The molecule has 0 fully saturated rings. The van der Waals surface area contributed by atoms with Crippen LogP contribution in [0.1, 0.15) is 12.8 Å². The summed E-state index contributed by atoms with van der Waals surface area (Å²) in [5, 5.41) is 4.50. The fourth-order valence-corrected chi connectivity index (χ4v) is 3.07. The summed E-state index contributed by atoms with van der Waals surface area (Å²) >= 11 is 0. The molecule has 1 aliphatic rings. The first-order valence-electron chi connectivity index (χ1n) is 8.34. The SMILES string of the molecule is Nc1ncnc(-c2cnn(CC3=CC=CCC3)c2)c1-c1ccccc1. The second-order valence-corrected chi connectivity index (χ2v) is 6.07. The molecule has 0 saturated carbocycles. The second-order valence-electron chi connectivity index (χ2n) is 6.07. The molecule has 0 amide bonds. The summed E-state index contributed by atoms with van der Waals surface area (Å²) in [4.78, 5) is 8.64. The average Bonchev–Trinajstić information content (AvgIpc) is 3.11. The number of aromatic nitrogens is 4. The molecule has 4 rings (SSSR count). The van der Waals surface area contributed by atoms with E-state index in [-0.39, 0.29) is 0 Å². The van der Waals surface area contributed by atoms with Gasteiger partial charge < -0.3 is 5.73 Å². The van der Waals surface area contributed by atoms with E-state index in [1.807, 2.05) is 47.4 Å². The van der Waals surface area contributed by atoms with Crippen LogP contribution in [-0.2, 0) is 6.54 Å². The van der Waals surface area contributed by atoms with Gasteiger partial charge >= 0.3 is 0 Å². The summed E-state index contributed by atoms with van der Waals surface area (Å²) in [6.45, 7) is 0.797. The van der Waals surface area contributed by atoms with Gasteiger partial charge in [0.15, 0.2) is 0 Å². The van der Waals surface area contributed by atoms with Crippen molar-refractivity contribution in [1.29, 1.82) is 0 Å². The molecule has 0 saturated heterocycles. The Labute approximate surface area is 146 Å². The Kier molecular flexibility index (Phi) is 4.12. The van der Waals surface area contributed by atoms with Gasteiger partial charge in [-0.15, -0.1) is 0 Å². The van der Waals surface area contributed by atoms with E-state index in [1.54, 1.807) is 0 Å². The van der Waals surface area contributed by atoms with Crippen molar-refractivity contribution < 1.29 is 0 Å². The molecule has 1 aliphatic carbocycles. The quantitative estimate of drug-likeness (QED) is 0.789. The van der Waals surface area contributed by atoms with Crippen LogP contribution in [-0.4, -0.2) is 19.7 Å². The molecule has 5 heteroatoms. The van der Waals surface area contributed by atoms with Gasteiger partial charge in [-0.05, 0) is 24.0 Å². The molecule has 2 N–H and O–H groups in total. The molecule has 5 nitrogen and oxygen atoms in total. The largest absolute Gasteiger partial charge is 0.383 e.